The second-order valence-corrected chi connectivity index (χ2v) is 5.09. The van der Waals surface area contributed by atoms with Gasteiger partial charge in [-0.15, -0.1) is 0 Å². The molecule has 0 saturated carbocycles. The number of hydrogen-bond acceptors (Lipinski definition) is 6. The van der Waals surface area contributed by atoms with E-state index in [1.165, 1.54) is 31.4 Å². The third kappa shape index (κ3) is 2.63. The molecule has 2 rings (SSSR count). The fourth-order valence-corrected chi connectivity index (χ4v) is 2.60. The van der Waals surface area contributed by atoms with Crippen molar-refractivity contribution in [3.05, 3.63) is 51.3 Å². The average Bonchev–Trinajstić information content (AvgIpc) is 2.55. The van der Waals surface area contributed by atoms with E-state index in [2.05, 4.69) is 10.8 Å². The summed E-state index contributed by atoms with van der Waals surface area (Å²) in [6, 6.07) is 7.86. The second-order valence-electron chi connectivity index (χ2n) is 5.09. The van der Waals surface area contributed by atoms with E-state index in [0.29, 0.717) is 12.0 Å². The maximum absolute atomic E-state index is 11.7. The number of aliphatic hydroxyl groups is 1. The molecule has 0 bridgehead atoms. The molecule has 0 aromatic heterocycles. The highest BCUT2D eigenvalue weighted by molar-refractivity contribution is 5.89. The Balaban J connectivity index is 2.41. The largest absolute Gasteiger partial charge is 0.512 e. The lowest BCUT2D eigenvalue weighted by Gasteiger charge is -2.31. The Morgan fingerprint density at radius 1 is 1.45 bits per heavy atom. The van der Waals surface area contributed by atoms with Gasteiger partial charge < -0.3 is 9.84 Å². The van der Waals surface area contributed by atoms with Crippen LogP contribution < -0.4 is 0 Å². The summed E-state index contributed by atoms with van der Waals surface area (Å²) in [6.07, 6.45) is 0.516. The second kappa shape index (κ2) is 5.85. The Morgan fingerprint density at radius 3 is 2.59 bits per heavy atom. The van der Waals surface area contributed by atoms with Gasteiger partial charge in [-0.05, 0) is 12.0 Å². The van der Waals surface area contributed by atoms with Crippen LogP contribution in [0, 0.1) is 21.4 Å². The molecule has 1 aliphatic carbocycles. The number of benzene rings is 1. The molecule has 1 aromatic rings. The number of carbonyl (C=O) groups excluding carboxylic acids is 1. The van der Waals surface area contributed by atoms with Crippen molar-refractivity contribution in [3.8, 4) is 6.07 Å². The number of ether oxygens (including phenoxy) is 1. The van der Waals surface area contributed by atoms with E-state index in [1.807, 2.05) is 0 Å². The van der Waals surface area contributed by atoms with Gasteiger partial charge in [0.2, 0.25) is 0 Å². The van der Waals surface area contributed by atoms with Crippen molar-refractivity contribution in [3.63, 3.8) is 0 Å². The molecule has 0 aliphatic heterocycles. The number of carbonyl (C=O) groups is 1. The Hall–Kier alpha value is -2.88. The first-order valence-electron chi connectivity index (χ1n) is 6.59. The van der Waals surface area contributed by atoms with Crippen molar-refractivity contribution in [1.29, 1.82) is 5.26 Å². The highest BCUT2D eigenvalue weighted by Gasteiger charge is 2.40. The topological polar surface area (TPSA) is 113 Å². The predicted molar refractivity (Wildman–Crippen MR) is 75.9 cm³/mol. The van der Waals surface area contributed by atoms with E-state index in [1.54, 1.807) is 0 Å². The number of methoxy groups -OCH3 is 1. The zero-order valence-electron chi connectivity index (χ0n) is 11.9. The molecule has 114 valence electrons. The van der Waals surface area contributed by atoms with Crippen LogP contribution in [-0.4, -0.2) is 23.1 Å². The van der Waals surface area contributed by atoms with Crippen LogP contribution in [-0.2, 0) is 14.9 Å². The standard InChI is InChI=1S/C15H14N2O5/c1-22-14(19)12-8-15(9-16,7-6-13(12)18)10-2-4-11(5-3-10)17(20)21/h2-5,18H,6-8H2,1H3. The van der Waals surface area contributed by atoms with Crippen LogP contribution in [0.1, 0.15) is 24.8 Å². The van der Waals surface area contributed by atoms with Gasteiger partial charge >= 0.3 is 5.97 Å². The quantitative estimate of drug-likeness (QED) is 0.521. The minimum Gasteiger partial charge on any atom is -0.512 e. The third-order valence-electron chi connectivity index (χ3n) is 3.89. The summed E-state index contributed by atoms with van der Waals surface area (Å²) in [5.41, 5.74) is -0.424. The van der Waals surface area contributed by atoms with Gasteiger partial charge in [-0.3, -0.25) is 10.1 Å². The lowest BCUT2D eigenvalue weighted by Crippen LogP contribution is -2.31. The van der Waals surface area contributed by atoms with Crippen molar-refractivity contribution in [2.45, 2.75) is 24.7 Å². The van der Waals surface area contributed by atoms with Gasteiger partial charge in [0.1, 0.15) is 5.76 Å². The molecule has 1 aliphatic rings. The zero-order chi connectivity index (χ0) is 16.3. The third-order valence-corrected chi connectivity index (χ3v) is 3.89. The molecule has 1 atom stereocenters. The molecule has 0 heterocycles. The minimum absolute atomic E-state index is 0.0137. The molecule has 0 radical (unpaired) electrons. The molecular weight excluding hydrogens is 288 g/mol. The van der Waals surface area contributed by atoms with Crippen LogP contribution in [0.3, 0.4) is 0 Å². The summed E-state index contributed by atoms with van der Waals surface area (Å²) in [5.74, 6) is -0.738. The fourth-order valence-electron chi connectivity index (χ4n) is 2.60. The number of esters is 1. The minimum atomic E-state index is -1.01. The maximum atomic E-state index is 11.7. The molecule has 1 N–H and O–H groups in total. The van der Waals surface area contributed by atoms with Crippen molar-refractivity contribution < 1.29 is 19.6 Å². The van der Waals surface area contributed by atoms with E-state index in [-0.39, 0.29) is 29.9 Å². The number of hydrogen-bond donors (Lipinski definition) is 1. The Labute approximate surface area is 126 Å². The average molecular weight is 302 g/mol. The van der Waals surface area contributed by atoms with Crippen LogP contribution in [0.15, 0.2) is 35.6 Å². The molecule has 0 amide bonds. The fraction of sp³-hybridized carbons (Fsp3) is 0.333. The molecule has 1 unspecified atom stereocenters. The summed E-state index contributed by atoms with van der Waals surface area (Å²) >= 11 is 0. The summed E-state index contributed by atoms with van der Waals surface area (Å²) < 4.78 is 4.63. The molecule has 0 saturated heterocycles. The first-order chi connectivity index (χ1) is 10.4. The number of allylic oxidation sites excluding steroid dienone is 1. The highest BCUT2D eigenvalue weighted by Crippen LogP contribution is 2.41. The van der Waals surface area contributed by atoms with E-state index < -0.39 is 16.3 Å². The lowest BCUT2D eigenvalue weighted by molar-refractivity contribution is -0.384. The van der Waals surface area contributed by atoms with E-state index in [9.17, 15) is 25.3 Å². The van der Waals surface area contributed by atoms with Crippen LogP contribution in [0.2, 0.25) is 0 Å². The first kappa shape index (κ1) is 15.5. The number of nitrogens with zero attached hydrogens (tertiary/aromatic N) is 2. The number of non-ortho nitro benzene ring substituents is 1. The molecule has 0 fully saturated rings. The van der Waals surface area contributed by atoms with Gasteiger partial charge in [-0.25, -0.2) is 4.79 Å². The number of nitro benzene ring substituents is 1. The Bertz CT molecular complexity index is 687. The van der Waals surface area contributed by atoms with Gasteiger partial charge in [-0.1, -0.05) is 12.1 Å². The summed E-state index contributed by atoms with van der Waals surface area (Å²) in [6.45, 7) is 0. The molecule has 1 aromatic carbocycles. The number of nitriles is 1. The highest BCUT2D eigenvalue weighted by atomic mass is 16.6. The van der Waals surface area contributed by atoms with Gasteiger partial charge in [-0.2, -0.15) is 5.26 Å². The molecule has 22 heavy (non-hydrogen) atoms. The molecule has 7 heteroatoms. The van der Waals surface area contributed by atoms with Gasteiger partial charge in [0.15, 0.2) is 0 Å². The molecule has 7 nitrogen and oxygen atoms in total. The number of rotatable bonds is 3. The van der Waals surface area contributed by atoms with Crippen molar-refractivity contribution in [2.75, 3.05) is 7.11 Å². The van der Waals surface area contributed by atoms with Crippen molar-refractivity contribution in [1.82, 2.24) is 0 Å². The molecule has 0 spiro atoms. The summed E-state index contributed by atoms with van der Waals surface area (Å²) in [7, 11) is 1.21. The Morgan fingerprint density at radius 2 is 2.09 bits per heavy atom. The van der Waals surface area contributed by atoms with Crippen LogP contribution in [0.5, 0.6) is 0 Å². The van der Waals surface area contributed by atoms with Crippen LogP contribution in [0.25, 0.3) is 0 Å². The van der Waals surface area contributed by atoms with E-state index in [4.69, 9.17) is 0 Å². The Kier molecular flexibility index (Phi) is 4.13. The lowest BCUT2D eigenvalue weighted by atomic mass is 9.70. The van der Waals surface area contributed by atoms with Crippen LogP contribution >= 0.6 is 0 Å². The first-order valence-corrected chi connectivity index (χ1v) is 6.59. The zero-order valence-corrected chi connectivity index (χ0v) is 11.9. The number of aliphatic hydroxyl groups excluding tert-OH is 1. The van der Waals surface area contributed by atoms with Gasteiger partial charge in [0, 0.05) is 25.0 Å². The number of nitro groups is 1. The van der Waals surface area contributed by atoms with E-state index >= 15 is 0 Å². The SMILES string of the molecule is COC(=O)C1=C(O)CCC(C#N)(c2ccc([N+](=O)[O-])cc2)C1. The summed E-state index contributed by atoms with van der Waals surface area (Å²) in [4.78, 5) is 21.9. The van der Waals surface area contributed by atoms with Crippen LogP contribution in [0.4, 0.5) is 5.69 Å². The normalized spacial score (nSPS) is 21.1. The van der Waals surface area contributed by atoms with Crippen molar-refractivity contribution in [2.24, 2.45) is 0 Å². The van der Waals surface area contributed by atoms with Gasteiger partial charge in [0.25, 0.3) is 5.69 Å². The monoisotopic (exact) mass is 302 g/mol. The van der Waals surface area contributed by atoms with Gasteiger partial charge in [0.05, 0.1) is 29.1 Å². The predicted octanol–water partition coefficient (Wildman–Crippen LogP) is 2.53. The summed E-state index contributed by atoms with van der Waals surface area (Å²) in [5, 5.41) is 30.1. The molecular formula is C15H14N2O5. The van der Waals surface area contributed by atoms with E-state index in [0.717, 1.165) is 0 Å². The maximum Gasteiger partial charge on any atom is 0.337 e. The smallest absolute Gasteiger partial charge is 0.337 e. The van der Waals surface area contributed by atoms with Crippen molar-refractivity contribution >= 4 is 11.7 Å².